The van der Waals surface area contributed by atoms with Crippen molar-refractivity contribution in [2.45, 2.75) is 12.8 Å². The highest BCUT2D eigenvalue weighted by molar-refractivity contribution is 9.10. The van der Waals surface area contributed by atoms with Crippen molar-refractivity contribution in [2.75, 3.05) is 0 Å². The molecule has 21 heavy (non-hydrogen) atoms. The molecule has 0 fully saturated rings. The number of hydrogen-bond donors (Lipinski definition) is 1. The number of carbonyl (C=O) groups is 1. The predicted octanol–water partition coefficient (Wildman–Crippen LogP) is 4.53. The van der Waals surface area contributed by atoms with E-state index in [1.54, 1.807) is 0 Å². The van der Waals surface area contributed by atoms with Crippen molar-refractivity contribution in [3.8, 4) is 0 Å². The van der Waals surface area contributed by atoms with Crippen LogP contribution in [-0.2, 0) is 12.8 Å². The van der Waals surface area contributed by atoms with Crippen LogP contribution in [0.25, 0.3) is 10.9 Å². The highest BCUT2D eigenvalue weighted by Crippen LogP contribution is 2.33. The number of hydrogen-bond acceptors (Lipinski definition) is 1. The Labute approximate surface area is 131 Å². The maximum Gasteiger partial charge on any atom is 0.168 e. The van der Waals surface area contributed by atoms with Crippen molar-refractivity contribution in [3.63, 3.8) is 0 Å². The first kappa shape index (κ1) is 12.8. The van der Waals surface area contributed by atoms with Gasteiger partial charge >= 0.3 is 0 Å². The van der Waals surface area contributed by atoms with E-state index in [-0.39, 0.29) is 11.7 Å². The molecule has 1 aliphatic rings. The lowest BCUT2D eigenvalue weighted by atomic mass is 9.95. The standard InChI is InChI=1S/C18H14BrNO/c19-15-6-3-7-16-17(15)14(10-20-16)18(21)13-8-11-4-1-2-5-12(11)9-13/h1-7,10,13,20H,8-9H2. The first-order valence-electron chi connectivity index (χ1n) is 7.10. The minimum Gasteiger partial charge on any atom is -0.360 e. The van der Waals surface area contributed by atoms with Gasteiger partial charge in [-0.2, -0.15) is 0 Å². The number of halogens is 1. The summed E-state index contributed by atoms with van der Waals surface area (Å²) in [6, 6.07) is 14.3. The number of ketones is 1. The van der Waals surface area contributed by atoms with Crippen LogP contribution >= 0.6 is 15.9 Å². The molecule has 1 N–H and O–H groups in total. The van der Waals surface area contributed by atoms with Crippen molar-refractivity contribution < 1.29 is 4.79 Å². The van der Waals surface area contributed by atoms with Crippen LogP contribution in [0, 0.1) is 5.92 Å². The topological polar surface area (TPSA) is 32.9 Å². The van der Waals surface area contributed by atoms with Gasteiger partial charge in [0.05, 0.1) is 0 Å². The maximum absolute atomic E-state index is 12.9. The molecule has 0 radical (unpaired) electrons. The third kappa shape index (κ3) is 2.04. The number of benzene rings is 2. The molecule has 3 aromatic rings. The summed E-state index contributed by atoms with van der Waals surface area (Å²) in [4.78, 5) is 16.1. The van der Waals surface area contributed by atoms with Gasteiger partial charge in [0.2, 0.25) is 0 Å². The van der Waals surface area contributed by atoms with Gasteiger partial charge in [-0.15, -0.1) is 0 Å². The Kier molecular flexibility index (Phi) is 2.96. The highest BCUT2D eigenvalue weighted by Gasteiger charge is 2.29. The lowest BCUT2D eigenvalue weighted by Crippen LogP contribution is -2.14. The molecule has 0 unspecified atom stereocenters. The number of rotatable bonds is 2. The average Bonchev–Trinajstić information content (AvgIpc) is 3.11. The molecule has 0 amide bonds. The molecule has 0 spiro atoms. The van der Waals surface area contributed by atoms with Crippen LogP contribution in [0.3, 0.4) is 0 Å². The number of fused-ring (bicyclic) bond motifs is 2. The van der Waals surface area contributed by atoms with E-state index in [4.69, 9.17) is 0 Å². The van der Waals surface area contributed by atoms with Crippen LogP contribution < -0.4 is 0 Å². The Hall–Kier alpha value is -1.87. The Morgan fingerprint density at radius 3 is 2.48 bits per heavy atom. The Morgan fingerprint density at radius 2 is 1.76 bits per heavy atom. The second-order valence-electron chi connectivity index (χ2n) is 5.60. The van der Waals surface area contributed by atoms with E-state index < -0.39 is 0 Å². The molecule has 104 valence electrons. The summed E-state index contributed by atoms with van der Waals surface area (Å²) >= 11 is 3.56. The molecule has 1 heterocycles. The van der Waals surface area contributed by atoms with Crippen molar-refractivity contribution in [1.29, 1.82) is 0 Å². The number of carbonyl (C=O) groups excluding carboxylic acids is 1. The molecule has 2 nitrogen and oxygen atoms in total. The van der Waals surface area contributed by atoms with E-state index in [9.17, 15) is 4.79 Å². The Morgan fingerprint density at radius 1 is 1.05 bits per heavy atom. The second kappa shape index (κ2) is 4.85. The number of Topliss-reactive ketones (excluding diaryl/α,β-unsaturated/α-hetero) is 1. The number of H-pyrrole nitrogens is 1. The van der Waals surface area contributed by atoms with Gasteiger partial charge in [0.15, 0.2) is 5.78 Å². The summed E-state index contributed by atoms with van der Waals surface area (Å²) in [6.07, 6.45) is 3.55. The molecule has 1 aliphatic carbocycles. The molecule has 1 aromatic heterocycles. The zero-order valence-corrected chi connectivity index (χ0v) is 13.0. The first-order chi connectivity index (χ1) is 10.2. The zero-order valence-electron chi connectivity index (χ0n) is 11.4. The lowest BCUT2D eigenvalue weighted by Gasteiger charge is -2.07. The monoisotopic (exact) mass is 339 g/mol. The van der Waals surface area contributed by atoms with Crippen LogP contribution in [0.1, 0.15) is 21.5 Å². The quantitative estimate of drug-likeness (QED) is 0.683. The first-order valence-corrected chi connectivity index (χ1v) is 7.90. The van der Waals surface area contributed by atoms with Crippen molar-refractivity contribution >= 4 is 32.6 Å². The van der Waals surface area contributed by atoms with Crippen molar-refractivity contribution in [3.05, 3.63) is 69.8 Å². The van der Waals surface area contributed by atoms with Gasteiger partial charge in [-0.05, 0) is 36.1 Å². The smallest absolute Gasteiger partial charge is 0.168 e. The average molecular weight is 340 g/mol. The van der Waals surface area contributed by atoms with Crippen LogP contribution in [0.5, 0.6) is 0 Å². The number of nitrogens with one attached hydrogen (secondary N) is 1. The van der Waals surface area contributed by atoms with Crippen molar-refractivity contribution in [1.82, 2.24) is 4.98 Å². The zero-order chi connectivity index (χ0) is 14.4. The second-order valence-corrected chi connectivity index (χ2v) is 6.46. The van der Waals surface area contributed by atoms with Crippen LogP contribution in [0.15, 0.2) is 53.1 Å². The number of aromatic nitrogens is 1. The third-order valence-corrected chi connectivity index (χ3v) is 5.00. The Balaban J connectivity index is 1.73. The van der Waals surface area contributed by atoms with Crippen LogP contribution in [0.4, 0.5) is 0 Å². The largest absolute Gasteiger partial charge is 0.360 e. The van der Waals surface area contributed by atoms with Gasteiger partial charge < -0.3 is 4.98 Å². The van der Waals surface area contributed by atoms with E-state index in [1.165, 1.54) is 11.1 Å². The normalized spacial score (nSPS) is 14.5. The third-order valence-electron chi connectivity index (χ3n) is 4.34. The fourth-order valence-corrected chi connectivity index (χ4v) is 3.88. The molecule has 0 saturated carbocycles. The molecular weight excluding hydrogens is 326 g/mol. The van der Waals surface area contributed by atoms with Crippen LogP contribution in [0.2, 0.25) is 0 Å². The van der Waals surface area contributed by atoms with Gasteiger partial charge in [0.25, 0.3) is 0 Å². The maximum atomic E-state index is 12.9. The Bertz CT molecular complexity index is 824. The summed E-state index contributed by atoms with van der Waals surface area (Å²) in [5.74, 6) is 0.304. The highest BCUT2D eigenvalue weighted by atomic mass is 79.9. The minimum atomic E-state index is 0.0634. The van der Waals surface area contributed by atoms with E-state index in [0.717, 1.165) is 33.8 Å². The van der Waals surface area contributed by atoms with Gasteiger partial charge in [-0.1, -0.05) is 46.3 Å². The summed E-state index contributed by atoms with van der Waals surface area (Å²) in [5.41, 5.74) is 4.43. The van der Waals surface area contributed by atoms with E-state index in [2.05, 4.69) is 33.0 Å². The lowest BCUT2D eigenvalue weighted by molar-refractivity contribution is 0.0926. The van der Waals surface area contributed by atoms with Gasteiger partial charge in [0.1, 0.15) is 0 Å². The van der Waals surface area contributed by atoms with E-state index >= 15 is 0 Å². The fraction of sp³-hybridized carbons (Fsp3) is 0.167. The summed E-state index contributed by atoms with van der Waals surface area (Å²) in [5, 5.41) is 0.999. The summed E-state index contributed by atoms with van der Waals surface area (Å²) < 4.78 is 0.972. The number of aromatic amines is 1. The molecule has 4 rings (SSSR count). The van der Waals surface area contributed by atoms with Gasteiger partial charge in [0, 0.05) is 33.1 Å². The predicted molar refractivity (Wildman–Crippen MR) is 87.7 cm³/mol. The molecule has 0 aliphatic heterocycles. The van der Waals surface area contributed by atoms with Crippen LogP contribution in [-0.4, -0.2) is 10.8 Å². The SMILES string of the molecule is O=C(c1c[nH]c2cccc(Br)c12)C1Cc2ccccc2C1. The summed E-state index contributed by atoms with van der Waals surface area (Å²) in [7, 11) is 0. The van der Waals surface area contributed by atoms with Gasteiger partial charge in [-0.3, -0.25) is 4.79 Å². The van der Waals surface area contributed by atoms with Gasteiger partial charge in [-0.25, -0.2) is 0 Å². The van der Waals surface area contributed by atoms with Crippen molar-refractivity contribution in [2.24, 2.45) is 5.92 Å². The summed E-state index contributed by atoms with van der Waals surface area (Å²) in [6.45, 7) is 0. The fourth-order valence-electron chi connectivity index (χ4n) is 3.30. The molecule has 2 aromatic carbocycles. The molecule has 0 bridgehead atoms. The minimum absolute atomic E-state index is 0.0634. The van der Waals surface area contributed by atoms with E-state index in [1.807, 2.05) is 36.5 Å². The molecular formula is C18H14BrNO. The molecule has 0 atom stereocenters. The van der Waals surface area contributed by atoms with E-state index in [0.29, 0.717) is 0 Å². The molecule has 0 saturated heterocycles. The molecule has 3 heteroatoms.